The van der Waals surface area contributed by atoms with E-state index in [0.29, 0.717) is 6.42 Å². The van der Waals surface area contributed by atoms with Crippen molar-refractivity contribution < 1.29 is 22.5 Å². The van der Waals surface area contributed by atoms with E-state index in [1.165, 1.54) is 109 Å². The topological polar surface area (TPSA) is 80.7 Å². The van der Waals surface area contributed by atoms with Crippen molar-refractivity contribution in [1.29, 1.82) is 0 Å². The number of carbonyl (C=O) groups is 1. The number of hydrogen-bond donors (Lipinski definition) is 1. The summed E-state index contributed by atoms with van der Waals surface area (Å²) >= 11 is 0. The molecule has 0 heterocycles. The zero-order valence-corrected chi connectivity index (χ0v) is 21.1. The van der Waals surface area contributed by atoms with E-state index in [1.54, 1.807) is 0 Å². The molecule has 0 saturated heterocycles. The van der Waals surface area contributed by atoms with Crippen LogP contribution < -0.4 is 0 Å². The van der Waals surface area contributed by atoms with Gasteiger partial charge in [0.15, 0.2) is 0 Å². The van der Waals surface area contributed by atoms with Crippen LogP contribution in [0.3, 0.4) is 0 Å². The molecular formula is C25H50O5S. The lowest BCUT2D eigenvalue weighted by Crippen LogP contribution is -2.14. The van der Waals surface area contributed by atoms with Gasteiger partial charge in [-0.2, -0.15) is 8.42 Å². The lowest BCUT2D eigenvalue weighted by Gasteiger charge is -2.05. The number of ether oxygens (including phenoxy) is 1. The maximum absolute atomic E-state index is 11.4. The Bertz CT molecular complexity index is 490. The molecule has 0 spiro atoms. The van der Waals surface area contributed by atoms with Crippen LogP contribution >= 0.6 is 0 Å². The van der Waals surface area contributed by atoms with Crippen LogP contribution in [0.15, 0.2) is 0 Å². The van der Waals surface area contributed by atoms with Gasteiger partial charge in [-0.05, 0) is 6.42 Å². The lowest BCUT2D eigenvalue weighted by atomic mass is 10.0. The fourth-order valence-electron chi connectivity index (χ4n) is 3.86. The third-order valence-corrected chi connectivity index (χ3v) is 6.52. The van der Waals surface area contributed by atoms with Crippen molar-refractivity contribution in [2.24, 2.45) is 0 Å². The number of hydrogen-bond acceptors (Lipinski definition) is 4. The van der Waals surface area contributed by atoms with Gasteiger partial charge in [0, 0.05) is 6.42 Å². The van der Waals surface area contributed by atoms with Crippen LogP contribution in [-0.2, 0) is 19.6 Å². The molecule has 0 bridgehead atoms. The Morgan fingerprint density at radius 2 is 0.935 bits per heavy atom. The van der Waals surface area contributed by atoms with Crippen LogP contribution in [0.2, 0.25) is 0 Å². The minimum Gasteiger partial charge on any atom is -0.464 e. The molecule has 0 amide bonds. The minimum absolute atomic E-state index is 0.267. The van der Waals surface area contributed by atoms with Gasteiger partial charge in [0.2, 0.25) is 0 Å². The summed E-state index contributed by atoms with van der Waals surface area (Å²) in [6.07, 6.45) is 26.7. The lowest BCUT2D eigenvalue weighted by molar-refractivity contribution is -0.143. The van der Waals surface area contributed by atoms with E-state index >= 15 is 0 Å². The maximum Gasteiger partial charge on any atom is 0.305 e. The van der Waals surface area contributed by atoms with E-state index < -0.39 is 15.9 Å². The normalized spacial score (nSPS) is 11.7. The Balaban J connectivity index is 3.14. The zero-order valence-electron chi connectivity index (χ0n) is 20.3. The van der Waals surface area contributed by atoms with Crippen LogP contribution in [0.1, 0.15) is 142 Å². The van der Waals surface area contributed by atoms with E-state index in [0.717, 1.165) is 19.3 Å². The van der Waals surface area contributed by atoms with Gasteiger partial charge >= 0.3 is 5.97 Å². The smallest absolute Gasteiger partial charge is 0.305 e. The highest BCUT2D eigenvalue weighted by Gasteiger charge is 2.07. The Morgan fingerprint density at radius 1 is 0.613 bits per heavy atom. The molecule has 0 aromatic rings. The second kappa shape index (κ2) is 22.6. The first-order valence-electron chi connectivity index (χ1n) is 13.1. The van der Waals surface area contributed by atoms with Crippen molar-refractivity contribution in [1.82, 2.24) is 0 Å². The summed E-state index contributed by atoms with van der Waals surface area (Å²) in [5, 5.41) is 0. The molecule has 0 radical (unpaired) electrons. The Kier molecular flexibility index (Phi) is 22.1. The molecule has 31 heavy (non-hydrogen) atoms. The van der Waals surface area contributed by atoms with E-state index in [9.17, 15) is 13.2 Å². The molecule has 186 valence electrons. The third kappa shape index (κ3) is 27.3. The predicted molar refractivity (Wildman–Crippen MR) is 130 cm³/mol. The van der Waals surface area contributed by atoms with E-state index in [2.05, 4.69) is 6.92 Å². The van der Waals surface area contributed by atoms with Gasteiger partial charge in [-0.3, -0.25) is 9.35 Å². The second-order valence-corrected chi connectivity index (χ2v) is 10.5. The van der Waals surface area contributed by atoms with Crippen molar-refractivity contribution in [2.75, 3.05) is 12.4 Å². The number of unbranched alkanes of at least 4 members (excludes halogenated alkanes) is 19. The quantitative estimate of drug-likeness (QED) is 0.0905. The van der Waals surface area contributed by atoms with Crippen molar-refractivity contribution in [3.8, 4) is 0 Å². The fraction of sp³-hybridized carbons (Fsp3) is 0.960. The number of carbonyl (C=O) groups excluding carboxylic acids is 1. The summed E-state index contributed by atoms with van der Waals surface area (Å²) in [6, 6.07) is 0. The average molecular weight is 463 g/mol. The predicted octanol–water partition coefficient (Wildman–Crippen LogP) is 7.63. The molecule has 0 saturated carbocycles. The van der Waals surface area contributed by atoms with Crippen molar-refractivity contribution in [3.05, 3.63) is 0 Å². The van der Waals surface area contributed by atoms with Crippen LogP contribution in [0, 0.1) is 0 Å². The summed E-state index contributed by atoms with van der Waals surface area (Å²) in [5.41, 5.74) is 0. The van der Waals surface area contributed by atoms with Gasteiger partial charge in [-0.25, -0.2) is 0 Å². The monoisotopic (exact) mass is 462 g/mol. The number of rotatable bonds is 24. The highest BCUT2D eigenvalue weighted by molar-refractivity contribution is 7.85. The van der Waals surface area contributed by atoms with Gasteiger partial charge in [0.25, 0.3) is 10.1 Å². The van der Waals surface area contributed by atoms with Gasteiger partial charge in [0.05, 0.1) is 0 Å². The Hall–Kier alpha value is -0.620. The van der Waals surface area contributed by atoms with Crippen LogP contribution in [0.4, 0.5) is 0 Å². The molecule has 0 aromatic carbocycles. The fourth-order valence-corrected chi connectivity index (χ4v) is 4.15. The standard InChI is InChI=1S/C25H50O5S/c1-2-3-4-5-6-7-8-9-10-11-12-13-14-15-16-17-18-19-20-21-22-25(26)30-23-24-31(27,28)29/h2-24H2,1H3,(H,27,28,29). The molecule has 0 rings (SSSR count). The largest absolute Gasteiger partial charge is 0.464 e. The molecule has 0 aliphatic carbocycles. The second-order valence-electron chi connectivity index (χ2n) is 8.97. The molecule has 6 heteroatoms. The molecule has 1 N–H and O–H groups in total. The summed E-state index contributed by atoms with van der Waals surface area (Å²) in [4.78, 5) is 11.4. The minimum atomic E-state index is -4.05. The Labute approximate surface area is 192 Å². The molecule has 0 aliphatic rings. The molecule has 0 fully saturated rings. The molecular weight excluding hydrogens is 412 g/mol. The van der Waals surface area contributed by atoms with Gasteiger partial charge in [0.1, 0.15) is 12.4 Å². The van der Waals surface area contributed by atoms with Crippen molar-refractivity contribution in [3.63, 3.8) is 0 Å². The van der Waals surface area contributed by atoms with E-state index in [1.807, 2.05) is 0 Å². The van der Waals surface area contributed by atoms with Gasteiger partial charge < -0.3 is 4.74 Å². The summed E-state index contributed by atoms with van der Waals surface area (Å²) in [6.45, 7) is 2.01. The molecule has 5 nitrogen and oxygen atoms in total. The van der Waals surface area contributed by atoms with Crippen LogP contribution in [0.25, 0.3) is 0 Å². The first kappa shape index (κ1) is 30.4. The van der Waals surface area contributed by atoms with Gasteiger partial charge in [-0.15, -0.1) is 0 Å². The van der Waals surface area contributed by atoms with Crippen LogP contribution in [0.5, 0.6) is 0 Å². The zero-order chi connectivity index (χ0) is 23.0. The van der Waals surface area contributed by atoms with Gasteiger partial charge in [-0.1, -0.05) is 129 Å². The first-order valence-corrected chi connectivity index (χ1v) is 14.7. The van der Waals surface area contributed by atoms with Crippen LogP contribution in [-0.4, -0.2) is 31.3 Å². The highest BCUT2D eigenvalue weighted by Crippen LogP contribution is 2.15. The molecule has 0 aromatic heterocycles. The number of esters is 1. The van der Waals surface area contributed by atoms with E-state index in [4.69, 9.17) is 9.29 Å². The average Bonchev–Trinajstić information content (AvgIpc) is 2.71. The first-order chi connectivity index (χ1) is 15.0. The Morgan fingerprint density at radius 3 is 1.26 bits per heavy atom. The summed E-state index contributed by atoms with van der Waals surface area (Å²) < 4.78 is 34.4. The molecule has 0 atom stereocenters. The van der Waals surface area contributed by atoms with Crippen molar-refractivity contribution >= 4 is 16.1 Å². The SMILES string of the molecule is CCCCCCCCCCCCCCCCCCCCCCC(=O)OCCS(=O)(=O)O. The summed E-state index contributed by atoms with van der Waals surface area (Å²) in [7, 11) is -4.05. The summed E-state index contributed by atoms with van der Waals surface area (Å²) in [5.74, 6) is -0.913. The molecule has 0 aliphatic heterocycles. The van der Waals surface area contributed by atoms with Crippen molar-refractivity contribution in [2.45, 2.75) is 142 Å². The molecule has 0 unspecified atom stereocenters. The van der Waals surface area contributed by atoms with E-state index in [-0.39, 0.29) is 12.6 Å². The third-order valence-electron chi connectivity index (χ3n) is 5.84. The highest BCUT2D eigenvalue weighted by atomic mass is 32.2. The maximum atomic E-state index is 11.4.